The van der Waals surface area contributed by atoms with Crippen molar-refractivity contribution in [1.82, 2.24) is 0 Å². The third-order valence-electron chi connectivity index (χ3n) is 2.92. The first kappa shape index (κ1) is 12.8. The molecule has 2 N–H and O–H groups in total. The van der Waals surface area contributed by atoms with Gasteiger partial charge in [-0.2, -0.15) is 0 Å². The lowest BCUT2D eigenvalue weighted by Crippen LogP contribution is -2.16. The highest BCUT2D eigenvalue weighted by Gasteiger charge is 2.06. The topological polar surface area (TPSA) is 29.3 Å². The first-order valence-corrected chi connectivity index (χ1v) is 6.26. The van der Waals surface area contributed by atoms with Gasteiger partial charge >= 0.3 is 0 Å². The van der Waals surface area contributed by atoms with Gasteiger partial charge in [-0.25, -0.2) is 0 Å². The van der Waals surface area contributed by atoms with E-state index in [0.717, 1.165) is 12.2 Å². The van der Waals surface area contributed by atoms with E-state index >= 15 is 0 Å². The predicted octanol–water partition coefficient (Wildman–Crippen LogP) is 3.87. The van der Waals surface area contributed by atoms with Crippen molar-refractivity contribution in [2.24, 2.45) is 0 Å². The van der Waals surface area contributed by atoms with Crippen LogP contribution in [-0.2, 0) is 6.54 Å². The standard InChI is InChI=1S/C15H17ClN2/c1-11-3-5-12(6-4-11)10-18(2)15-8-7-13(17)9-14(15)16/h3-9H,10,17H2,1-2H3. The third-order valence-corrected chi connectivity index (χ3v) is 3.23. The lowest BCUT2D eigenvalue weighted by Gasteiger charge is -2.21. The van der Waals surface area contributed by atoms with Crippen molar-refractivity contribution < 1.29 is 0 Å². The van der Waals surface area contributed by atoms with Crippen LogP contribution in [0.25, 0.3) is 0 Å². The van der Waals surface area contributed by atoms with Gasteiger partial charge in [0.05, 0.1) is 10.7 Å². The zero-order valence-electron chi connectivity index (χ0n) is 10.7. The number of hydrogen-bond donors (Lipinski definition) is 1. The summed E-state index contributed by atoms with van der Waals surface area (Å²) in [5, 5.41) is 0.685. The Morgan fingerprint density at radius 1 is 1.11 bits per heavy atom. The van der Waals surface area contributed by atoms with Crippen LogP contribution in [-0.4, -0.2) is 7.05 Å². The van der Waals surface area contributed by atoms with Gasteiger partial charge in [-0.15, -0.1) is 0 Å². The number of nitrogen functional groups attached to an aromatic ring is 1. The Hall–Kier alpha value is -1.67. The molecule has 18 heavy (non-hydrogen) atoms. The zero-order valence-corrected chi connectivity index (χ0v) is 11.4. The molecule has 0 saturated carbocycles. The third kappa shape index (κ3) is 2.96. The molecule has 2 aromatic carbocycles. The molecule has 2 aromatic rings. The van der Waals surface area contributed by atoms with Gasteiger partial charge < -0.3 is 10.6 Å². The summed E-state index contributed by atoms with van der Waals surface area (Å²) in [4.78, 5) is 2.12. The van der Waals surface area contributed by atoms with Crippen LogP contribution in [0.5, 0.6) is 0 Å². The maximum absolute atomic E-state index is 6.19. The molecular weight excluding hydrogens is 244 g/mol. The van der Waals surface area contributed by atoms with Crippen LogP contribution in [0.1, 0.15) is 11.1 Å². The quantitative estimate of drug-likeness (QED) is 0.849. The molecular formula is C15H17ClN2. The molecule has 3 heteroatoms. The van der Waals surface area contributed by atoms with Crippen LogP contribution in [0.15, 0.2) is 42.5 Å². The number of hydrogen-bond acceptors (Lipinski definition) is 2. The number of rotatable bonds is 3. The molecule has 0 radical (unpaired) electrons. The molecule has 0 aliphatic rings. The number of nitrogens with zero attached hydrogens (tertiary/aromatic N) is 1. The SMILES string of the molecule is Cc1ccc(CN(C)c2ccc(N)cc2Cl)cc1. The number of halogens is 1. The monoisotopic (exact) mass is 260 g/mol. The fourth-order valence-electron chi connectivity index (χ4n) is 1.89. The van der Waals surface area contributed by atoms with Gasteiger partial charge in [-0.3, -0.25) is 0 Å². The van der Waals surface area contributed by atoms with Gasteiger partial charge in [-0.05, 0) is 30.7 Å². The van der Waals surface area contributed by atoms with Crippen molar-refractivity contribution in [2.75, 3.05) is 17.7 Å². The first-order valence-electron chi connectivity index (χ1n) is 5.88. The number of benzene rings is 2. The summed E-state index contributed by atoms with van der Waals surface area (Å²) in [5.41, 5.74) is 9.90. The van der Waals surface area contributed by atoms with Crippen LogP contribution in [0.3, 0.4) is 0 Å². The van der Waals surface area contributed by atoms with Crippen LogP contribution < -0.4 is 10.6 Å². The Morgan fingerprint density at radius 2 is 1.78 bits per heavy atom. The highest BCUT2D eigenvalue weighted by molar-refractivity contribution is 6.33. The Labute approximate surface area is 113 Å². The second-order valence-corrected chi connectivity index (χ2v) is 4.96. The molecule has 0 aromatic heterocycles. The normalized spacial score (nSPS) is 10.4. The van der Waals surface area contributed by atoms with Crippen LogP contribution in [0, 0.1) is 6.92 Å². The molecule has 94 valence electrons. The van der Waals surface area contributed by atoms with E-state index < -0.39 is 0 Å². The van der Waals surface area contributed by atoms with Crippen molar-refractivity contribution in [3.63, 3.8) is 0 Å². The minimum absolute atomic E-state index is 0.685. The van der Waals surface area contributed by atoms with Crippen molar-refractivity contribution >= 4 is 23.0 Å². The average molecular weight is 261 g/mol. The first-order chi connectivity index (χ1) is 8.56. The fourth-order valence-corrected chi connectivity index (χ4v) is 2.22. The summed E-state index contributed by atoms with van der Waals surface area (Å²) in [6.45, 7) is 2.91. The number of nitrogens with two attached hydrogens (primary N) is 1. The Bertz CT molecular complexity index is 535. The largest absolute Gasteiger partial charge is 0.399 e. The maximum Gasteiger partial charge on any atom is 0.0660 e. The zero-order chi connectivity index (χ0) is 13.1. The second kappa shape index (κ2) is 5.32. The van der Waals surface area contributed by atoms with Gasteiger partial charge in [-0.1, -0.05) is 41.4 Å². The van der Waals surface area contributed by atoms with Gasteiger partial charge in [0, 0.05) is 19.3 Å². The summed E-state index contributed by atoms with van der Waals surface area (Å²) in [7, 11) is 2.03. The van der Waals surface area contributed by atoms with E-state index in [9.17, 15) is 0 Å². The van der Waals surface area contributed by atoms with Crippen molar-refractivity contribution in [1.29, 1.82) is 0 Å². The summed E-state index contributed by atoms with van der Waals surface area (Å²) in [6.07, 6.45) is 0. The summed E-state index contributed by atoms with van der Waals surface area (Å²) in [6, 6.07) is 14.1. The van der Waals surface area contributed by atoms with Gasteiger partial charge in [0.15, 0.2) is 0 Å². The highest BCUT2D eigenvalue weighted by atomic mass is 35.5. The van der Waals surface area contributed by atoms with Crippen LogP contribution in [0.2, 0.25) is 5.02 Å². The molecule has 0 heterocycles. The molecule has 0 atom stereocenters. The molecule has 0 aliphatic heterocycles. The molecule has 2 nitrogen and oxygen atoms in total. The average Bonchev–Trinajstić information content (AvgIpc) is 2.32. The number of anilines is 2. The molecule has 0 saturated heterocycles. The summed E-state index contributed by atoms with van der Waals surface area (Å²) >= 11 is 6.19. The molecule has 2 rings (SSSR count). The van der Waals surface area contributed by atoms with E-state index in [0.29, 0.717) is 10.7 Å². The minimum Gasteiger partial charge on any atom is -0.399 e. The number of aryl methyl sites for hydroxylation is 1. The fraction of sp³-hybridized carbons (Fsp3) is 0.200. The lowest BCUT2D eigenvalue weighted by atomic mass is 10.1. The van der Waals surface area contributed by atoms with E-state index in [2.05, 4.69) is 36.1 Å². The predicted molar refractivity (Wildman–Crippen MR) is 79.2 cm³/mol. The molecule has 0 fully saturated rings. The Balaban J connectivity index is 2.16. The van der Waals surface area contributed by atoms with Crippen molar-refractivity contribution in [2.45, 2.75) is 13.5 Å². The Kier molecular flexibility index (Phi) is 3.78. The smallest absolute Gasteiger partial charge is 0.0660 e. The lowest BCUT2D eigenvalue weighted by molar-refractivity contribution is 0.923. The van der Waals surface area contributed by atoms with Gasteiger partial charge in [0.25, 0.3) is 0 Å². The molecule has 0 aliphatic carbocycles. The van der Waals surface area contributed by atoms with E-state index in [1.54, 1.807) is 6.07 Å². The summed E-state index contributed by atoms with van der Waals surface area (Å²) in [5.74, 6) is 0. The van der Waals surface area contributed by atoms with Crippen molar-refractivity contribution in [3.05, 3.63) is 58.6 Å². The molecule has 0 amide bonds. The van der Waals surface area contributed by atoms with E-state index in [1.807, 2.05) is 19.2 Å². The second-order valence-electron chi connectivity index (χ2n) is 4.55. The maximum atomic E-state index is 6.19. The Morgan fingerprint density at radius 3 is 2.39 bits per heavy atom. The van der Waals surface area contributed by atoms with Crippen LogP contribution in [0.4, 0.5) is 11.4 Å². The minimum atomic E-state index is 0.685. The van der Waals surface area contributed by atoms with Crippen molar-refractivity contribution in [3.8, 4) is 0 Å². The summed E-state index contributed by atoms with van der Waals surface area (Å²) < 4.78 is 0. The molecule has 0 unspecified atom stereocenters. The van der Waals surface area contributed by atoms with E-state index in [-0.39, 0.29) is 0 Å². The van der Waals surface area contributed by atoms with E-state index in [4.69, 9.17) is 17.3 Å². The molecule has 0 spiro atoms. The van der Waals surface area contributed by atoms with E-state index in [1.165, 1.54) is 11.1 Å². The highest BCUT2D eigenvalue weighted by Crippen LogP contribution is 2.27. The van der Waals surface area contributed by atoms with Gasteiger partial charge in [0.1, 0.15) is 0 Å². The van der Waals surface area contributed by atoms with Gasteiger partial charge in [0.2, 0.25) is 0 Å². The van der Waals surface area contributed by atoms with Crippen LogP contribution >= 0.6 is 11.6 Å². The molecule has 0 bridgehead atoms.